The number of halogens is 3. The molecule has 0 saturated heterocycles. The Kier molecular flexibility index (Phi) is 5.49. The van der Waals surface area contributed by atoms with E-state index in [4.69, 9.17) is 0 Å². The zero-order valence-electron chi connectivity index (χ0n) is 10.1. The van der Waals surface area contributed by atoms with Crippen molar-refractivity contribution >= 4 is 11.7 Å². The number of carbonyl (C=O) groups excluding carboxylic acids is 1. The van der Waals surface area contributed by atoms with Gasteiger partial charge in [-0.3, -0.25) is 4.79 Å². The summed E-state index contributed by atoms with van der Waals surface area (Å²) in [6, 6.07) is 3.01. The maximum absolute atomic E-state index is 11.7. The van der Waals surface area contributed by atoms with Gasteiger partial charge in [-0.15, -0.1) is 10.2 Å². The highest BCUT2D eigenvalue weighted by molar-refractivity contribution is 5.92. The Morgan fingerprint density at radius 2 is 2.11 bits per heavy atom. The number of nitrogens with zero attached hydrogens (tertiary/aromatic N) is 2. The van der Waals surface area contributed by atoms with Crippen LogP contribution in [0.1, 0.15) is 10.5 Å². The van der Waals surface area contributed by atoms with Gasteiger partial charge in [-0.2, -0.15) is 13.2 Å². The molecule has 1 rings (SSSR count). The first-order chi connectivity index (χ1) is 8.92. The van der Waals surface area contributed by atoms with Gasteiger partial charge in [0.25, 0.3) is 5.91 Å². The molecule has 1 aromatic heterocycles. The van der Waals surface area contributed by atoms with Crippen LogP contribution in [0.3, 0.4) is 0 Å². The Morgan fingerprint density at radius 3 is 2.63 bits per heavy atom. The molecule has 0 radical (unpaired) electrons. The topological polar surface area (TPSA) is 76.1 Å². The second kappa shape index (κ2) is 6.88. The van der Waals surface area contributed by atoms with E-state index in [2.05, 4.69) is 25.6 Å². The second-order valence-electron chi connectivity index (χ2n) is 3.48. The van der Waals surface area contributed by atoms with Gasteiger partial charge in [-0.25, -0.2) is 0 Å². The lowest BCUT2D eigenvalue weighted by atomic mass is 10.3. The number of hydrogen-bond acceptors (Lipinski definition) is 5. The van der Waals surface area contributed by atoms with Gasteiger partial charge in [-0.1, -0.05) is 0 Å². The van der Waals surface area contributed by atoms with E-state index in [0.717, 1.165) is 0 Å². The molecule has 2 N–H and O–H groups in total. The highest BCUT2D eigenvalue weighted by Gasteiger charge is 2.27. The minimum absolute atomic E-state index is 0.0373. The first-order valence-electron chi connectivity index (χ1n) is 5.36. The van der Waals surface area contributed by atoms with Gasteiger partial charge in [-0.05, 0) is 12.1 Å². The average molecular weight is 278 g/mol. The Morgan fingerprint density at radius 1 is 1.37 bits per heavy atom. The standard InChI is InChI=1S/C10H13F3N4O2/c1-14-8-3-2-7(16-17-8)9(18)15-4-5-19-6-10(11,12)13/h2-3H,4-6H2,1H3,(H,14,17)(H,15,18). The lowest BCUT2D eigenvalue weighted by Gasteiger charge is -2.08. The largest absolute Gasteiger partial charge is 0.411 e. The zero-order valence-corrected chi connectivity index (χ0v) is 10.1. The van der Waals surface area contributed by atoms with Crippen molar-refractivity contribution in [3.63, 3.8) is 0 Å². The van der Waals surface area contributed by atoms with Crippen LogP contribution in [0.2, 0.25) is 0 Å². The fourth-order valence-corrected chi connectivity index (χ4v) is 1.10. The fraction of sp³-hybridized carbons (Fsp3) is 0.500. The highest BCUT2D eigenvalue weighted by atomic mass is 19.4. The molecule has 0 fully saturated rings. The van der Waals surface area contributed by atoms with E-state index in [0.29, 0.717) is 5.82 Å². The third-order valence-electron chi connectivity index (χ3n) is 1.95. The summed E-state index contributed by atoms with van der Waals surface area (Å²) in [5.74, 6) is -0.0178. The number of carbonyl (C=O) groups is 1. The number of alkyl halides is 3. The molecule has 1 heterocycles. The van der Waals surface area contributed by atoms with Crippen molar-refractivity contribution in [3.05, 3.63) is 17.8 Å². The molecular weight excluding hydrogens is 265 g/mol. The molecule has 0 aliphatic rings. The second-order valence-corrected chi connectivity index (χ2v) is 3.48. The molecule has 6 nitrogen and oxygen atoms in total. The van der Waals surface area contributed by atoms with Crippen molar-refractivity contribution < 1.29 is 22.7 Å². The first-order valence-corrected chi connectivity index (χ1v) is 5.36. The SMILES string of the molecule is CNc1ccc(C(=O)NCCOCC(F)(F)F)nn1. The Hall–Kier alpha value is -1.90. The van der Waals surface area contributed by atoms with Crippen LogP contribution in [0.4, 0.5) is 19.0 Å². The molecule has 0 bridgehead atoms. The van der Waals surface area contributed by atoms with Gasteiger partial charge in [0.2, 0.25) is 0 Å². The smallest absolute Gasteiger partial charge is 0.372 e. The zero-order chi connectivity index (χ0) is 14.3. The molecule has 0 aromatic carbocycles. The van der Waals surface area contributed by atoms with Crippen LogP contribution in [0.15, 0.2) is 12.1 Å². The fourth-order valence-electron chi connectivity index (χ4n) is 1.10. The number of amides is 1. The number of nitrogens with one attached hydrogen (secondary N) is 2. The van der Waals surface area contributed by atoms with Crippen molar-refractivity contribution in [2.75, 3.05) is 32.1 Å². The molecule has 1 aromatic rings. The van der Waals surface area contributed by atoms with Crippen LogP contribution in [0.25, 0.3) is 0 Å². The van der Waals surface area contributed by atoms with Crippen molar-refractivity contribution in [1.29, 1.82) is 0 Å². The summed E-state index contributed by atoms with van der Waals surface area (Å²) < 4.78 is 39.6. The summed E-state index contributed by atoms with van der Waals surface area (Å²) >= 11 is 0. The van der Waals surface area contributed by atoms with Crippen molar-refractivity contribution in [3.8, 4) is 0 Å². The Labute approximate surface area is 107 Å². The van der Waals surface area contributed by atoms with E-state index in [1.54, 1.807) is 13.1 Å². The normalized spacial score (nSPS) is 11.2. The molecule has 0 spiro atoms. The van der Waals surface area contributed by atoms with Crippen LogP contribution in [-0.2, 0) is 4.74 Å². The summed E-state index contributed by atoms with van der Waals surface area (Å²) in [7, 11) is 1.65. The predicted molar refractivity (Wildman–Crippen MR) is 60.8 cm³/mol. The summed E-state index contributed by atoms with van der Waals surface area (Å²) in [5.41, 5.74) is 0.0785. The van der Waals surface area contributed by atoms with Crippen LogP contribution >= 0.6 is 0 Å². The molecular formula is C10H13F3N4O2. The molecule has 19 heavy (non-hydrogen) atoms. The third-order valence-corrected chi connectivity index (χ3v) is 1.95. The maximum atomic E-state index is 11.7. The number of rotatable bonds is 6. The predicted octanol–water partition coefficient (Wildman–Crippen LogP) is 0.827. The molecule has 9 heteroatoms. The van der Waals surface area contributed by atoms with E-state index >= 15 is 0 Å². The molecule has 1 amide bonds. The molecule has 0 saturated carbocycles. The van der Waals surface area contributed by atoms with Gasteiger partial charge in [0.15, 0.2) is 5.69 Å². The van der Waals surface area contributed by atoms with Crippen molar-refractivity contribution in [2.24, 2.45) is 0 Å². The third kappa shape index (κ3) is 6.00. The van der Waals surface area contributed by atoms with Gasteiger partial charge in [0.1, 0.15) is 12.4 Å². The minimum atomic E-state index is -4.36. The van der Waals surface area contributed by atoms with Gasteiger partial charge < -0.3 is 15.4 Å². The van der Waals surface area contributed by atoms with E-state index in [-0.39, 0.29) is 18.8 Å². The monoisotopic (exact) mass is 278 g/mol. The van der Waals surface area contributed by atoms with Crippen LogP contribution in [-0.4, -0.2) is 49.1 Å². The summed E-state index contributed by atoms with van der Waals surface area (Å²) in [6.45, 7) is -1.60. The van der Waals surface area contributed by atoms with Crippen molar-refractivity contribution in [2.45, 2.75) is 6.18 Å². The summed E-state index contributed by atoms with van der Waals surface area (Å²) in [5, 5.41) is 12.4. The molecule has 106 valence electrons. The van der Waals surface area contributed by atoms with E-state index in [1.807, 2.05) is 0 Å². The van der Waals surface area contributed by atoms with Gasteiger partial charge in [0, 0.05) is 13.6 Å². The summed E-state index contributed by atoms with van der Waals surface area (Å²) in [6.07, 6.45) is -4.36. The van der Waals surface area contributed by atoms with E-state index in [9.17, 15) is 18.0 Å². The summed E-state index contributed by atoms with van der Waals surface area (Å²) in [4.78, 5) is 11.5. The minimum Gasteiger partial charge on any atom is -0.372 e. The Bertz CT molecular complexity index is 408. The van der Waals surface area contributed by atoms with Gasteiger partial charge >= 0.3 is 6.18 Å². The average Bonchev–Trinajstić information content (AvgIpc) is 2.37. The van der Waals surface area contributed by atoms with Crippen LogP contribution < -0.4 is 10.6 Å². The molecule has 0 atom stereocenters. The van der Waals surface area contributed by atoms with Crippen LogP contribution in [0, 0.1) is 0 Å². The lowest BCUT2D eigenvalue weighted by molar-refractivity contribution is -0.173. The first kappa shape index (κ1) is 15.2. The van der Waals surface area contributed by atoms with E-state index < -0.39 is 18.7 Å². The molecule has 0 aliphatic carbocycles. The number of aromatic nitrogens is 2. The van der Waals surface area contributed by atoms with Crippen LogP contribution in [0.5, 0.6) is 0 Å². The number of anilines is 1. The number of ether oxygens (including phenoxy) is 1. The maximum Gasteiger partial charge on any atom is 0.411 e. The molecule has 0 unspecified atom stereocenters. The van der Waals surface area contributed by atoms with Crippen molar-refractivity contribution in [1.82, 2.24) is 15.5 Å². The quantitative estimate of drug-likeness (QED) is 0.754. The highest BCUT2D eigenvalue weighted by Crippen LogP contribution is 2.13. The lowest BCUT2D eigenvalue weighted by Crippen LogP contribution is -2.29. The molecule has 0 aliphatic heterocycles. The number of hydrogen-bond donors (Lipinski definition) is 2. The van der Waals surface area contributed by atoms with Gasteiger partial charge in [0.05, 0.1) is 6.61 Å². The van der Waals surface area contributed by atoms with E-state index in [1.165, 1.54) is 6.07 Å². The Balaban J connectivity index is 2.27.